The summed E-state index contributed by atoms with van der Waals surface area (Å²) in [4.78, 5) is 24.8. The Labute approximate surface area is 182 Å². The molecule has 0 fully saturated rings. The maximum atomic E-state index is 12.8. The smallest absolute Gasteiger partial charge is 0.331 e. The predicted octanol–water partition coefficient (Wildman–Crippen LogP) is 2.28. The number of ether oxygens (including phenoxy) is 1. The van der Waals surface area contributed by atoms with Gasteiger partial charge in [-0.1, -0.05) is 0 Å². The number of nitrogens with one attached hydrogen (secondary N) is 1. The van der Waals surface area contributed by atoms with Crippen molar-refractivity contribution in [3.63, 3.8) is 0 Å². The lowest BCUT2D eigenvalue weighted by molar-refractivity contribution is 0.132. The van der Waals surface area contributed by atoms with E-state index in [4.69, 9.17) is 13.8 Å². The van der Waals surface area contributed by atoms with Crippen LogP contribution >= 0.6 is 14.7 Å². The zero-order valence-corrected chi connectivity index (χ0v) is 20.4. The first kappa shape index (κ1) is 25.9. The molecule has 0 spiro atoms. The van der Waals surface area contributed by atoms with Crippen molar-refractivity contribution in [1.29, 1.82) is 0 Å². The summed E-state index contributed by atoms with van der Waals surface area (Å²) in [7, 11) is -5.42. The van der Waals surface area contributed by atoms with Gasteiger partial charge in [-0.25, -0.2) is 9.97 Å². The number of nitrogens with zero attached hydrogens (tertiary/aromatic N) is 4. The number of H-pyrrole nitrogens is 1. The van der Waals surface area contributed by atoms with E-state index in [9.17, 15) is 13.9 Å². The van der Waals surface area contributed by atoms with Gasteiger partial charge in [-0.2, -0.15) is 0 Å². The summed E-state index contributed by atoms with van der Waals surface area (Å²) in [5.74, 6) is 0. The number of rotatable bonds is 15. The SMILES string of the molecule is CCOP(=O)(CCN(CCOCP(C)(C)=O)CCn1cnc2c(=O)[nH]cnc21)OCC. The molecule has 0 aliphatic rings. The van der Waals surface area contributed by atoms with Gasteiger partial charge >= 0.3 is 7.60 Å². The molecule has 2 aromatic heterocycles. The molecule has 1 N–H and O–H groups in total. The number of imidazole rings is 1. The van der Waals surface area contributed by atoms with E-state index in [0.29, 0.717) is 51.6 Å². The van der Waals surface area contributed by atoms with E-state index in [-0.39, 0.29) is 23.6 Å². The second-order valence-electron chi connectivity index (χ2n) is 7.46. The Kier molecular flexibility index (Phi) is 10.1. The summed E-state index contributed by atoms with van der Waals surface area (Å²) in [6, 6.07) is 0. The van der Waals surface area contributed by atoms with Crippen LogP contribution in [0.25, 0.3) is 11.2 Å². The van der Waals surface area contributed by atoms with Crippen molar-refractivity contribution in [3.8, 4) is 0 Å². The molecule has 2 rings (SSSR count). The molecular formula is C18H33N5O6P2. The molecule has 0 saturated carbocycles. The second-order valence-corrected chi connectivity index (χ2v) is 13.1. The maximum Gasteiger partial charge on any atom is 0.331 e. The van der Waals surface area contributed by atoms with Crippen LogP contribution in [0.4, 0.5) is 0 Å². The fourth-order valence-corrected chi connectivity index (χ4v) is 5.16. The van der Waals surface area contributed by atoms with Crippen molar-refractivity contribution in [1.82, 2.24) is 24.4 Å². The summed E-state index contributed by atoms with van der Waals surface area (Å²) < 4.78 is 42.8. The molecule has 31 heavy (non-hydrogen) atoms. The number of aromatic nitrogens is 4. The third kappa shape index (κ3) is 8.60. The first-order valence-corrected chi connectivity index (χ1v) is 14.8. The van der Waals surface area contributed by atoms with Crippen LogP contribution in [0.1, 0.15) is 13.8 Å². The molecule has 0 radical (unpaired) electrons. The zero-order valence-electron chi connectivity index (χ0n) is 18.7. The summed E-state index contributed by atoms with van der Waals surface area (Å²) in [5, 5.41) is 0. The third-order valence-corrected chi connectivity index (χ3v) is 7.22. The Morgan fingerprint density at radius 1 is 1.10 bits per heavy atom. The average molecular weight is 477 g/mol. The van der Waals surface area contributed by atoms with Gasteiger partial charge in [0, 0.05) is 26.2 Å². The molecule has 176 valence electrons. The number of hydrogen-bond donors (Lipinski definition) is 1. The minimum absolute atomic E-state index is 0.218. The van der Waals surface area contributed by atoms with Crippen molar-refractivity contribution in [3.05, 3.63) is 23.0 Å². The molecule has 0 atom stereocenters. The molecule has 0 bridgehead atoms. The minimum atomic E-state index is -3.17. The van der Waals surface area contributed by atoms with Gasteiger partial charge in [-0.15, -0.1) is 0 Å². The second kappa shape index (κ2) is 12.0. The number of hydrogen-bond acceptors (Lipinski definition) is 9. The van der Waals surface area contributed by atoms with E-state index in [1.54, 1.807) is 38.1 Å². The van der Waals surface area contributed by atoms with Crippen molar-refractivity contribution < 1.29 is 22.9 Å². The van der Waals surface area contributed by atoms with E-state index in [1.165, 1.54) is 6.33 Å². The molecule has 2 aromatic rings. The summed E-state index contributed by atoms with van der Waals surface area (Å²) in [5.41, 5.74) is 0.510. The average Bonchev–Trinajstić information content (AvgIpc) is 3.11. The molecule has 0 amide bonds. The lowest BCUT2D eigenvalue weighted by Crippen LogP contribution is -2.33. The lowest BCUT2D eigenvalue weighted by Gasteiger charge is -2.25. The monoisotopic (exact) mass is 477 g/mol. The van der Waals surface area contributed by atoms with Crippen LogP contribution < -0.4 is 5.56 Å². The lowest BCUT2D eigenvalue weighted by atomic mass is 10.4. The van der Waals surface area contributed by atoms with Gasteiger partial charge in [-0.05, 0) is 27.2 Å². The van der Waals surface area contributed by atoms with Crippen molar-refractivity contribution >= 4 is 25.9 Å². The quantitative estimate of drug-likeness (QED) is 0.303. The fraction of sp³-hybridized carbons (Fsp3) is 0.722. The Hall–Kier alpha value is -1.35. The van der Waals surface area contributed by atoms with Gasteiger partial charge in [0.25, 0.3) is 5.56 Å². The largest absolute Gasteiger partial charge is 0.372 e. The first-order chi connectivity index (χ1) is 14.7. The van der Waals surface area contributed by atoms with Crippen LogP contribution in [0.5, 0.6) is 0 Å². The zero-order chi connectivity index (χ0) is 22.9. The Morgan fingerprint density at radius 2 is 1.81 bits per heavy atom. The normalized spacial score (nSPS) is 12.8. The molecule has 0 saturated heterocycles. The van der Waals surface area contributed by atoms with E-state index >= 15 is 0 Å². The van der Waals surface area contributed by atoms with E-state index in [1.807, 2.05) is 0 Å². The standard InChI is InChI=1S/C18H33N5O6P2/c1-5-28-31(26,29-6-2)12-10-22(9-11-27-15-30(3,4)25)7-8-23-14-21-16-17(23)19-13-20-18(16)24/h13-14H,5-12,15H2,1-4H3,(H,19,20,24). The highest BCUT2D eigenvalue weighted by Gasteiger charge is 2.24. The maximum absolute atomic E-state index is 12.8. The Balaban J connectivity index is 2.03. The van der Waals surface area contributed by atoms with Crippen molar-refractivity contribution in [2.75, 3.05) is 65.3 Å². The molecule has 0 unspecified atom stereocenters. The van der Waals surface area contributed by atoms with Crippen molar-refractivity contribution in [2.45, 2.75) is 20.4 Å². The van der Waals surface area contributed by atoms with Crippen molar-refractivity contribution in [2.24, 2.45) is 0 Å². The van der Waals surface area contributed by atoms with Crippen LogP contribution in [-0.4, -0.2) is 89.7 Å². The van der Waals surface area contributed by atoms with Crippen LogP contribution in [0.15, 0.2) is 17.4 Å². The summed E-state index contributed by atoms with van der Waals surface area (Å²) in [6.07, 6.45) is 3.40. The summed E-state index contributed by atoms with van der Waals surface area (Å²) in [6.45, 7) is 10.1. The first-order valence-electron chi connectivity index (χ1n) is 10.3. The molecule has 2 heterocycles. The van der Waals surface area contributed by atoms with E-state index in [2.05, 4.69) is 19.9 Å². The topological polar surface area (TPSA) is 129 Å². The molecule has 0 aromatic carbocycles. The van der Waals surface area contributed by atoms with Gasteiger partial charge in [0.1, 0.15) is 7.14 Å². The van der Waals surface area contributed by atoms with Gasteiger partial charge in [0.15, 0.2) is 11.2 Å². The number of fused-ring (bicyclic) bond motifs is 1. The minimum Gasteiger partial charge on any atom is -0.372 e. The highest BCUT2D eigenvalue weighted by Crippen LogP contribution is 2.47. The van der Waals surface area contributed by atoms with Gasteiger partial charge in [0.2, 0.25) is 0 Å². The molecule has 13 heteroatoms. The highest BCUT2D eigenvalue weighted by molar-refractivity contribution is 7.62. The number of aromatic amines is 1. The fourth-order valence-electron chi connectivity index (χ4n) is 2.94. The van der Waals surface area contributed by atoms with Gasteiger partial charge in [0.05, 0.1) is 45.0 Å². The molecule has 11 nitrogen and oxygen atoms in total. The van der Waals surface area contributed by atoms with Crippen LogP contribution in [-0.2, 0) is 29.5 Å². The van der Waals surface area contributed by atoms with Crippen LogP contribution in [0, 0.1) is 0 Å². The Morgan fingerprint density at radius 3 is 2.45 bits per heavy atom. The van der Waals surface area contributed by atoms with Crippen LogP contribution in [0.2, 0.25) is 0 Å². The summed E-state index contributed by atoms with van der Waals surface area (Å²) >= 11 is 0. The highest BCUT2D eigenvalue weighted by atomic mass is 31.2. The van der Waals surface area contributed by atoms with E-state index < -0.39 is 14.7 Å². The molecular weight excluding hydrogens is 444 g/mol. The third-order valence-electron chi connectivity index (χ3n) is 4.36. The van der Waals surface area contributed by atoms with Crippen LogP contribution in [0.3, 0.4) is 0 Å². The van der Waals surface area contributed by atoms with E-state index in [0.717, 1.165) is 0 Å². The predicted molar refractivity (Wildman–Crippen MR) is 121 cm³/mol. The molecule has 0 aliphatic carbocycles. The Bertz CT molecular complexity index is 962. The van der Waals surface area contributed by atoms with Gasteiger partial charge in [-0.3, -0.25) is 14.3 Å². The molecule has 0 aliphatic heterocycles. The van der Waals surface area contributed by atoms with Gasteiger partial charge < -0.3 is 27.9 Å².